The molecule has 3 aromatic heterocycles. The van der Waals surface area contributed by atoms with Crippen molar-refractivity contribution in [2.75, 3.05) is 0 Å². The van der Waals surface area contributed by atoms with E-state index in [1.165, 1.54) is 30.9 Å². The SMILES string of the molecule is [C-]#[N+]c1cc(-n2c3ccccc3c3ccc4sc5ccccc5c4c32)c(C#N)cc1-n1c2ccccc2c2c3ccccc3ccc21. The van der Waals surface area contributed by atoms with Crippen LogP contribution in [-0.2, 0) is 0 Å². The molecule has 10 rings (SSSR count). The molecule has 10 aromatic rings. The molecule has 0 bridgehead atoms. The molecule has 216 valence electrons. The smallest absolute Gasteiger partial charge is 0.212 e. The van der Waals surface area contributed by atoms with E-state index in [9.17, 15) is 5.26 Å². The number of hydrogen-bond donors (Lipinski definition) is 0. The van der Waals surface area contributed by atoms with Crippen molar-refractivity contribution in [3.05, 3.63) is 150 Å². The number of nitriles is 1. The van der Waals surface area contributed by atoms with Gasteiger partial charge in [-0.1, -0.05) is 91.0 Å². The van der Waals surface area contributed by atoms with Crippen LogP contribution < -0.4 is 0 Å². The Morgan fingerprint density at radius 3 is 2.06 bits per heavy atom. The molecule has 0 N–H and O–H groups in total. The summed E-state index contributed by atoms with van der Waals surface area (Å²) in [5.41, 5.74) is 6.49. The van der Waals surface area contributed by atoms with Crippen LogP contribution in [0.15, 0.2) is 133 Å². The van der Waals surface area contributed by atoms with Gasteiger partial charge in [0.05, 0.1) is 45.6 Å². The second kappa shape index (κ2) is 9.55. The highest BCUT2D eigenvalue weighted by atomic mass is 32.1. The van der Waals surface area contributed by atoms with Crippen molar-refractivity contribution < 1.29 is 0 Å². The summed E-state index contributed by atoms with van der Waals surface area (Å²) in [6.07, 6.45) is 0. The zero-order chi connectivity index (χ0) is 31.2. The molecule has 0 spiro atoms. The van der Waals surface area contributed by atoms with Gasteiger partial charge in [-0.25, -0.2) is 4.85 Å². The highest BCUT2D eigenvalue weighted by Gasteiger charge is 2.23. The summed E-state index contributed by atoms with van der Waals surface area (Å²) < 4.78 is 6.79. The van der Waals surface area contributed by atoms with Crippen molar-refractivity contribution in [3.63, 3.8) is 0 Å². The number of rotatable bonds is 2. The van der Waals surface area contributed by atoms with E-state index < -0.39 is 0 Å². The van der Waals surface area contributed by atoms with Crippen molar-refractivity contribution in [2.24, 2.45) is 0 Å². The monoisotopic (exact) mass is 614 g/mol. The summed E-state index contributed by atoms with van der Waals surface area (Å²) in [4.78, 5) is 4.12. The van der Waals surface area contributed by atoms with E-state index in [0.29, 0.717) is 22.6 Å². The third-order valence-corrected chi connectivity index (χ3v) is 10.7. The minimum atomic E-state index is 0.489. The fourth-order valence-corrected chi connectivity index (χ4v) is 8.73. The van der Waals surface area contributed by atoms with Gasteiger partial charge in [0.1, 0.15) is 6.07 Å². The van der Waals surface area contributed by atoms with Crippen LogP contribution in [0.5, 0.6) is 0 Å². The Kier molecular flexibility index (Phi) is 5.26. The quantitative estimate of drug-likeness (QED) is 0.179. The van der Waals surface area contributed by atoms with Gasteiger partial charge in [-0.3, -0.25) is 0 Å². The lowest BCUT2D eigenvalue weighted by molar-refractivity contribution is 1.14. The number of aromatic nitrogens is 2. The van der Waals surface area contributed by atoms with Crippen LogP contribution in [0.25, 0.3) is 90.8 Å². The van der Waals surface area contributed by atoms with Gasteiger partial charge < -0.3 is 9.13 Å². The standard InChI is InChI=1S/C42H22N4S/c1-44-32-23-36(46-33-15-7-4-12-28(33)29-19-21-39-41(42(29)46)31-14-6-9-17-38(31)47-39)26(24-43)22-37(32)45-34-16-8-5-13-30(34)40-27-11-3-2-10-25(27)18-20-35(40)45/h2-23H. The van der Waals surface area contributed by atoms with Crippen LogP contribution in [0, 0.1) is 17.9 Å². The lowest BCUT2D eigenvalue weighted by Crippen LogP contribution is -2.01. The van der Waals surface area contributed by atoms with Gasteiger partial charge in [0, 0.05) is 41.7 Å². The lowest BCUT2D eigenvalue weighted by Gasteiger charge is -2.16. The molecule has 0 fully saturated rings. The molecular formula is C42H22N4S. The van der Waals surface area contributed by atoms with Gasteiger partial charge in [-0.05, 0) is 53.2 Å². The number of benzene rings is 7. The van der Waals surface area contributed by atoms with Crippen molar-refractivity contribution in [2.45, 2.75) is 0 Å². The van der Waals surface area contributed by atoms with Gasteiger partial charge in [0.15, 0.2) is 0 Å². The fraction of sp³-hybridized carbons (Fsp3) is 0. The van der Waals surface area contributed by atoms with E-state index in [1.807, 2.05) is 24.3 Å². The molecule has 0 aliphatic carbocycles. The van der Waals surface area contributed by atoms with Gasteiger partial charge in [-0.2, -0.15) is 5.26 Å². The Morgan fingerprint density at radius 1 is 0.553 bits per heavy atom. The fourth-order valence-electron chi connectivity index (χ4n) is 7.62. The first-order valence-electron chi connectivity index (χ1n) is 15.5. The zero-order valence-electron chi connectivity index (χ0n) is 24.9. The minimum Gasteiger partial charge on any atom is -0.319 e. The van der Waals surface area contributed by atoms with E-state index >= 15 is 0 Å². The average Bonchev–Trinajstić information content (AvgIpc) is 3.78. The summed E-state index contributed by atoms with van der Waals surface area (Å²) in [5.74, 6) is 0. The van der Waals surface area contributed by atoms with Crippen molar-refractivity contribution in [3.8, 4) is 17.4 Å². The molecule has 0 amide bonds. The molecule has 3 heterocycles. The van der Waals surface area contributed by atoms with Crippen LogP contribution in [0.2, 0.25) is 0 Å². The molecule has 5 heteroatoms. The van der Waals surface area contributed by atoms with Crippen LogP contribution >= 0.6 is 11.3 Å². The molecule has 0 atom stereocenters. The Hall–Kier alpha value is -6.40. The molecule has 0 saturated carbocycles. The van der Waals surface area contributed by atoms with Crippen LogP contribution in [-0.4, -0.2) is 9.13 Å². The second-order valence-corrected chi connectivity index (χ2v) is 13.0. The summed E-state index contributed by atoms with van der Waals surface area (Å²) >= 11 is 1.78. The minimum absolute atomic E-state index is 0.489. The van der Waals surface area contributed by atoms with E-state index in [-0.39, 0.29) is 0 Å². The number of fused-ring (bicyclic) bond motifs is 12. The second-order valence-electron chi connectivity index (χ2n) is 11.9. The van der Waals surface area contributed by atoms with Crippen LogP contribution in [0.1, 0.15) is 5.56 Å². The maximum atomic E-state index is 10.8. The largest absolute Gasteiger partial charge is 0.319 e. The summed E-state index contributed by atoms with van der Waals surface area (Å²) in [6.45, 7) is 8.45. The Labute approximate surface area is 273 Å². The third-order valence-electron chi connectivity index (χ3n) is 9.55. The van der Waals surface area contributed by atoms with Crippen molar-refractivity contribution >= 4 is 91.6 Å². The zero-order valence-corrected chi connectivity index (χ0v) is 25.7. The average molecular weight is 615 g/mol. The number of para-hydroxylation sites is 2. The molecule has 0 saturated heterocycles. The number of thiophene rings is 1. The maximum Gasteiger partial charge on any atom is 0.212 e. The summed E-state index contributed by atoms with van der Waals surface area (Å²) in [7, 11) is 0. The number of nitrogens with zero attached hydrogens (tertiary/aromatic N) is 4. The van der Waals surface area contributed by atoms with E-state index in [2.05, 4.69) is 129 Å². The molecule has 0 aliphatic rings. The Bertz CT molecular complexity index is 3050. The van der Waals surface area contributed by atoms with Gasteiger partial charge in [-0.15, -0.1) is 11.3 Å². The van der Waals surface area contributed by atoms with E-state index in [0.717, 1.165) is 43.6 Å². The van der Waals surface area contributed by atoms with E-state index in [1.54, 1.807) is 11.3 Å². The summed E-state index contributed by atoms with van der Waals surface area (Å²) in [6, 6.07) is 48.7. The van der Waals surface area contributed by atoms with Crippen LogP contribution in [0.4, 0.5) is 5.69 Å². The molecule has 0 aliphatic heterocycles. The molecular weight excluding hydrogens is 593 g/mol. The third kappa shape index (κ3) is 3.44. The highest BCUT2D eigenvalue weighted by Crippen LogP contribution is 2.45. The van der Waals surface area contributed by atoms with Crippen molar-refractivity contribution in [1.29, 1.82) is 5.26 Å². The Morgan fingerprint density at radius 2 is 1.26 bits per heavy atom. The lowest BCUT2D eigenvalue weighted by atomic mass is 10.0. The van der Waals surface area contributed by atoms with Gasteiger partial charge in [0.2, 0.25) is 5.69 Å². The van der Waals surface area contributed by atoms with Crippen LogP contribution in [0.3, 0.4) is 0 Å². The first kappa shape index (κ1) is 25.9. The normalized spacial score (nSPS) is 11.8. The summed E-state index contributed by atoms with van der Waals surface area (Å²) in [5, 5.41) is 20.0. The van der Waals surface area contributed by atoms with E-state index in [4.69, 9.17) is 6.57 Å². The Balaban J connectivity index is 1.35. The molecule has 4 nitrogen and oxygen atoms in total. The first-order valence-corrected chi connectivity index (χ1v) is 16.3. The topological polar surface area (TPSA) is 38.0 Å². The predicted octanol–water partition coefficient (Wildman–Crippen LogP) is 11.8. The van der Waals surface area contributed by atoms with Gasteiger partial charge in [0.25, 0.3) is 0 Å². The van der Waals surface area contributed by atoms with Crippen molar-refractivity contribution in [1.82, 2.24) is 9.13 Å². The predicted molar refractivity (Wildman–Crippen MR) is 196 cm³/mol. The molecule has 0 unspecified atom stereocenters. The highest BCUT2D eigenvalue weighted by molar-refractivity contribution is 7.26. The maximum absolute atomic E-state index is 10.8. The molecule has 7 aromatic carbocycles. The first-order chi connectivity index (χ1) is 23.2. The van der Waals surface area contributed by atoms with Gasteiger partial charge >= 0.3 is 0 Å². The number of hydrogen-bond acceptors (Lipinski definition) is 2. The molecule has 0 radical (unpaired) electrons. The molecule has 47 heavy (non-hydrogen) atoms.